The van der Waals surface area contributed by atoms with Gasteiger partial charge >= 0.3 is 0 Å². The van der Waals surface area contributed by atoms with Gasteiger partial charge in [0.2, 0.25) is 15.9 Å². The maximum absolute atomic E-state index is 12.2. The van der Waals surface area contributed by atoms with E-state index in [0.717, 1.165) is 12.8 Å². The Labute approximate surface area is 135 Å². The number of hydrogen-bond donors (Lipinski definition) is 2. The largest absolute Gasteiger partial charge is 0.355 e. The minimum Gasteiger partial charge on any atom is -0.355 e. The lowest BCUT2D eigenvalue weighted by atomic mass is 10.3. The summed E-state index contributed by atoms with van der Waals surface area (Å²) in [7, 11) is -3.92. The van der Waals surface area contributed by atoms with Crippen molar-refractivity contribution in [3.63, 3.8) is 0 Å². The predicted molar refractivity (Wildman–Crippen MR) is 84.2 cm³/mol. The molecule has 1 rings (SSSR count). The van der Waals surface area contributed by atoms with Gasteiger partial charge in [0.25, 0.3) is 0 Å². The average molecular weight is 353 g/mol. The molecule has 21 heavy (non-hydrogen) atoms. The van der Waals surface area contributed by atoms with Crippen molar-refractivity contribution in [2.45, 2.75) is 37.6 Å². The van der Waals surface area contributed by atoms with Crippen LogP contribution in [-0.2, 0) is 14.8 Å². The zero-order valence-corrected chi connectivity index (χ0v) is 14.1. The number of hydrogen-bond acceptors (Lipinski definition) is 3. The van der Waals surface area contributed by atoms with Crippen LogP contribution in [0.2, 0.25) is 10.0 Å². The molecule has 1 atom stereocenters. The fraction of sp³-hybridized carbons (Fsp3) is 0.462. The third kappa shape index (κ3) is 5.47. The molecule has 0 unspecified atom stereocenters. The molecule has 0 spiro atoms. The van der Waals surface area contributed by atoms with Gasteiger partial charge in [-0.2, -0.15) is 4.72 Å². The van der Waals surface area contributed by atoms with Crippen LogP contribution >= 0.6 is 23.2 Å². The molecule has 1 aromatic carbocycles. The first kappa shape index (κ1) is 18.2. The SMILES string of the molecule is CCCCNC(=O)[C@H](C)NS(=O)(=O)c1cc(Cl)ccc1Cl. The first-order chi connectivity index (χ1) is 9.77. The van der Waals surface area contributed by atoms with Crippen molar-refractivity contribution in [2.75, 3.05) is 6.54 Å². The summed E-state index contributed by atoms with van der Waals surface area (Å²) in [6, 6.07) is 3.23. The Morgan fingerprint density at radius 2 is 2.00 bits per heavy atom. The highest BCUT2D eigenvalue weighted by Crippen LogP contribution is 2.24. The van der Waals surface area contributed by atoms with Crippen LogP contribution in [-0.4, -0.2) is 26.9 Å². The Morgan fingerprint density at radius 3 is 2.62 bits per heavy atom. The lowest BCUT2D eigenvalue weighted by molar-refractivity contribution is -0.122. The summed E-state index contributed by atoms with van der Waals surface area (Å²) in [5.41, 5.74) is 0. The van der Waals surface area contributed by atoms with Crippen LogP contribution in [0.15, 0.2) is 23.1 Å². The van der Waals surface area contributed by atoms with Crippen LogP contribution < -0.4 is 10.0 Å². The monoisotopic (exact) mass is 352 g/mol. The maximum Gasteiger partial charge on any atom is 0.242 e. The molecule has 0 aliphatic heterocycles. The van der Waals surface area contributed by atoms with Crippen LogP contribution in [0.1, 0.15) is 26.7 Å². The summed E-state index contributed by atoms with van der Waals surface area (Å²) in [5.74, 6) is -0.384. The lowest BCUT2D eigenvalue weighted by Gasteiger charge is -2.15. The number of carbonyl (C=O) groups is 1. The maximum atomic E-state index is 12.2. The second-order valence-corrected chi connectivity index (χ2v) is 7.09. The van der Waals surface area contributed by atoms with Gasteiger partial charge in [0.1, 0.15) is 4.90 Å². The lowest BCUT2D eigenvalue weighted by Crippen LogP contribution is -2.45. The summed E-state index contributed by atoms with van der Waals surface area (Å²) in [6.07, 6.45) is 1.78. The molecule has 0 saturated carbocycles. The van der Waals surface area contributed by atoms with Crippen molar-refractivity contribution in [2.24, 2.45) is 0 Å². The van der Waals surface area contributed by atoms with E-state index < -0.39 is 16.1 Å². The van der Waals surface area contributed by atoms with E-state index in [-0.39, 0.29) is 20.8 Å². The number of sulfonamides is 1. The molecular weight excluding hydrogens is 335 g/mol. The van der Waals surface area contributed by atoms with E-state index in [4.69, 9.17) is 23.2 Å². The molecule has 0 fully saturated rings. The molecule has 5 nitrogen and oxygen atoms in total. The topological polar surface area (TPSA) is 75.3 Å². The van der Waals surface area contributed by atoms with Gasteiger partial charge in [0.15, 0.2) is 0 Å². The van der Waals surface area contributed by atoms with E-state index in [9.17, 15) is 13.2 Å². The second kappa shape index (κ2) is 7.98. The third-order valence-corrected chi connectivity index (χ3v) is 4.99. The number of unbranched alkanes of at least 4 members (excludes halogenated alkanes) is 1. The standard InChI is InChI=1S/C13H18Cl2N2O3S/c1-3-4-7-16-13(18)9(2)17-21(19,20)12-8-10(14)5-6-11(12)15/h5-6,8-9,17H,3-4,7H2,1-2H3,(H,16,18)/t9-/m0/s1. The van der Waals surface area contributed by atoms with Crippen LogP contribution in [0.25, 0.3) is 0 Å². The molecule has 0 radical (unpaired) electrons. The number of benzene rings is 1. The molecule has 8 heteroatoms. The van der Waals surface area contributed by atoms with E-state index >= 15 is 0 Å². The molecule has 0 aliphatic rings. The van der Waals surface area contributed by atoms with Gasteiger partial charge in [0, 0.05) is 11.6 Å². The molecular formula is C13H18Cl2N2O3S. The van der Waals surface area contributed by atoms with E-state index in [1.807, 2.05) is 6.92 Å². The second-order valence-electron chi connectivity index (χ2n) is 4.56. The van der Waals surface area contributed by atoms with Crippen molar-refractivity contribution in [3.8, 4) is 0 Å². The van der Waals surface area contributed by atoms with Gasteiger partial charge in [-0.05, 0) is 31.5 Å². The molecule has 1 aromatic rings. The highest BCUT2D eigenvalue weighted by atomic mass is 35.5. The summed E-state index contributed by atoms with van der Waals surface area (Å²) in [6.45, 7) is 3.98. The summed E-state index contributed by atoms with van der Waals surface area (Å²) in [5, 5.41) is 2.96. The average Bonchev–Trinajstić information content (AvgIpc) is 2.41. The zero-order valence-electron chi connectivity index (χ0n) is 11.8. The Kier molecular flexibility index (Phi) is 6.93. The van der Waals surface area contributed by atoms with Crippen LogP contribution in [0.4, 0.5) is 0 Å². The molecule has 118 valence electrons. The Morgan fingerprint density at radius 1 is 1.33 bits per heavy atom. The fourth-order valence-corrected chi connectivity index (χ4v) is 3.54. The zero-order chi connectivity index (χ0) is 16.0. The number of amides is 1. The molecule has 0 bridgehead atoms. The summed E-state index contributed by atoms with van der Waals surface area (Å²) >= 11 is 11.6. The molecule has 0 aromatic heterocycles. The van der Waals surface area contributed by atoms with Gasteiger partial charge in [-0.3, -0.25) is 4.79 Å². The number of halogens is 2. The number of rotatable bonds is 7. The van der Waals surface area contributed by atoms with Crippen LogP contribution in [0.3, 0.4) is 0 Å². The Balaban J connectivity index is 2.80. The van der Waals surface area contributed by atoms with Gasteiger partial charge in [0.05, 0.1) is 11.1 Å². The van der Waals surface area contributed by atoms with Gasteiger partial charge in [-0.25, -0.2) is 8.42 Å². The number of carbonyl (C=O) groups excluding carboxylic acids is 1. The molecule has 2 N–H and O–H groups in total. The molecule has 1 amide bonds. The molecule has 0 saturated heterocycles. The van der Waals surface area contributed by atoms with E-state index in [0.29, 0.717) is 6.54 Å². The predicted octanol–water partition coefficient (Wildman–Crippen LogP) is 2.58. The van der Waals surface area contributed by atoms with Crippen molar-refractivity contribution < 1.29 is 13.2 Å². The van der Waals surface area contributed by atoms with Crippen molar-refractivity contribution in [3.05, 3.63) is 28.2 Å². The Hall–Kier alpha value is -0.820. The van der Waals surface area contributed by atoms with Crippen LogP contribution in [0.5, 0.6) is 0 Å². The smallest absolute Gasteiger partial charge is 0.242 e. The van der Waals surface area contributed by atoms with Gasteiger partial charge in [-0.15, -0.1) is 0 Å². The third-order valence-electron chi connectivity index (χ3n) is 2.74. The van der Waals surface area contributed by atoms with Crippen molar-refractivity contribution in [1.29, 1.82) is 0 Å². The van der Waals surface area contributed by atoms with E-state index in [1.165, 1.54) is 25.1 Å². The first-order valence-electron chi connectivity index (χ1n) is 6.53. The minimum absolute atomic E-state index is 0.0468. The van der Waals surface area contributed by atoms with Gasteiger partial charge in [-0.1, -0.05) is 36.5 Å². The highest BCUT2D eigenvalue weighted by molar-refractivity contribution is 7.89. The van der Waals surface area contributed by atoms with E-state index in [1.54, 1.807) is 0 Å². The van der Waals surface area contributed by atoms with Gasteiger partial charge < -0.3 is 5.32 Å². The molecule has 0 heterocycles. The van der Waals surface area contributed by atoms with E-state index in [2.05, 4.69) is 10.0 Å². The van der Waals surface area contributed by atoms with Crippen molar-refractivity contribution >= 4 is 39.1 Å². The van der Waals surface area contributed by atoms with Crippen LogP contribution in [0, 0.1) is 0 Å². The Bertz CT molecular complexity index is 605. The quantitative estimate of drug-likeness (QED) is 0.740. The normalized spacial score (nSPS) is 13.0. The minimum atomic E-state index is -3.92. The summed E-state index contributed by atoms with van der Waals surface area (Å²) in [4.78, 5) is 11.6. The first-order valence-corrected chi connectivity index (χ1v) is 8.77. The highest BCUT2D eigenvalue weighted by Gasteiger charge is 2.24. The van der Waals surface area contributed by atoms with Crippen molar-refractivity contribution in [1.82, 2.24) is 10.0 Å². The summed E-state index contributed by atoms with van der Waals surface area (Å²) < 4.78 is 26.7. The molecule has 0 aliphatic carbocycles. The fourth-order valence-electron chi connectivity index (χ4n) is 1.57. The number of nitrogens with one attached hydrogen (secondary N) is 2.